The Morgan fingerprint density at radius 3 is 3.05 bits per heavy atom. The maximum Gasteiger partial charge on any atom is 0.246 e. The lowest BCUT2D eigenvalue weighted by Gasteiger charge is -2.05. The van der Waals surface area contributed by atoms with Crippen LogP contribution in [-0.2, 0) is 16.1 Å². The number of nitrogens with one attached hydrogen (secondary N) is 1. The van der Waals surface area contributed by atoms with E-state index in [1.165, 1.54) is 0 Å². The number of nitrogens with zero attached hydrogens (tertiary/aromatic N) is 3. The smallest absolute Gasteiger partial charge is 0.246 e. The van der Waals surface area contributed by atoms with Crippen LogP contribution in [0.3, 0.4) is 0 Å². The van der Waals surface area contributed by atoms with Gasteiger partial charge >= 0.3 is 0 Å². The third-order valence-electron chi connectivity index (χ3n) is 3.01. The van der Waals surface area contributed by atoms with E-state index in [1.807, 2.05) is 0 Å². The molecule has 0 saturated carbocycles. The average molecular weight is 311 g/mol. The second kappa shape index (κ2) is 7.95. The van der Waals surface area contributed by atoms with Gasteiger partial charge in [-0.05, 0) is 18.6 Å². The van der Waals surface area contributed by atoms with Gasteiger partial charge in [-0.2, -0.15) is 0 Å². The van der Waals surface area contributed by atoms with Gasteiger partial charge in [-0.3, -0.25) is 9.20 Å². The summed E-state index contributed by atoms with van der Waals surface area (Å²) in [6.45, 7) is 3.10. The van der Waals surface area contributed by atoms with Crippen LogP contribution in [-0.4, -0.2) is 33.7 Å². The molecule has 0 unspecified atom stereocenters. The summed E-state index contributed by atoms with van der Waals surface area (Å²) < 4.78 is 7.05. The van der Waals surface area contributed by atoms with Gasteiger partial charge in [0.05, 0.1) is 11.6 Å². The molecule has 21 heavy (non-hydrogen) atoms. The van der Waals surface area contributed by atoms with Gasteiger partial charge < -0.3 is 10.1 Å². The van der Waals surface area contributed by atoms with Gasteiger partial charge in [0.25, 0.3) is 0 Å². The second-order valence-electron chi connectivity index (χ2n) is 4.73. The molecule has 2 rings (SSSR count). The summed E-state index contributed by atoms with van der Waals surface area (Å²) in [6.07, 6.45) is 4.96. The number of halogens is 1. The topological polar surface area (TPSA) is 68.5 Å². The predicted octanol–water partition coefficient (Wildman–Crippen LogP) is 2.21. The highest BCUT2D eigenvalue weighted by molar-refractivity contribution is 6.30. The first-order chi connectivity index (χ1) is 10.2. The number of pyridine rings is 1. The number of fused-ring (bicyclic) bond motifs is 1. The monoisotopic (exact) mass is 310 g/mol. The molecule has 0 spiro atoms. The van der Waals surface area contributed by atoms with E-state index in [2.05, 4.69) is 22.4 Å². The summed E-state index contributed by atoms with van der Waals surface area (Å²) in [5.41, 5.74) is 0.694. The molecule has 2 heterocycles. The van der Waals surface area contributed by atoms with Gasteiger partial charge in [0.2, 0.25) is 5.91 Å². The van der Waals surface area contributed by atoms with Crippen molar-refractivity contribution >= 4 is 23.2 Å². The van der Waals surface area contributed by atoms with Crippen molar-refractivity contribution in [3.8, 4) is 0 Å². The van der Waals surface area contributed by atoms with Crippen molar-refractivity contribution in [1.82, 2.24) is 19.9 Å². The minimum absolute atomic E-state index is 0.0706. The molecule has 0 aliphatic rings. The number of carbonyl (C=O) groups is 1. The van der Waals surface area contributed by atoms with Crippen LogP contribution in [0.1, 0.15) is 32.0 Å². The molecule has 0 saturated heterocycles. The van der Waals surface area contributed by atoms with Crippen LogP contribution < -0.4 is 5.32 Å². The van der Waals surface area contributed by atoms with Crippen molar-refractivity contribution in [3.05, 3.63) is 29.2 Å². The second-order valence-corrected chi connectivity index (χ2v) is 5.16. The van der Waals surface area contributed by atoms with E-state index in [0.29, 0.717) is 29.6 Å². The van der Waals surface area contributed by atoms with Crippen LogP contribution >= 0.6 is 11.6 Å². The molecule has 0 radical (unpaired) electrons. The zero-order valence-electron chi connectivity index (χ0n) is 12.0. The Balaban J connectivity index is 1.79. The van der Waals surface area contributed by atoms with Crippen molar-refractivity contribution < 1.29 is 9.53 Å². The highest BCUT2D eigenvalue weighted by Gasteiger charge is 2.07. The summed E-state index contributed by atoms with van der Waals surface area (Å²) in [5.74, 6) is 0.470. The highest BCUT2D eigenvalue weighted by Crippen LogP contribution is 2.11. The summed E-state index contributed by atoms with van der Waals surface area (Å²) in [4.78, 5) is 11.7. The van der Waals surface area contributed by atoms with Crippen molar-refractivity contribution in [2.24, 2.45) is 0 Å². The first-order valence-corrected chi connectivity index (χ1v) is 7.42. The van der Waals surface area contributed by atoms with E-state index < -0.39 is 0 Å². The molecule has 2 aromatic rings. The average Bonchev–Trinajstić information content (AvgIpc) is 2.87. The minimum Gasteiger partial charge on any atom is -0.372 e. The largest absolute Gasteiger partial charge is 0.372 e. The fourth-order valence-corrected chi connectivity index (χ4v) is 2.04. The Bertz CT molecular complexity index is 600. The molecule has 6 nitrogen and oxygen atoms in total. The summed E-state index contributed by atoms with van der Waals surface area (Å²) in [6, 6.07) is 3.52. The van der Waals surface area contributed by atoms with Gasteiger partial charge in [0.15, 0.2) is 11.5 Å². The fraction of sp³-hybridized carbons (Fsp3) is 0.500. The van der Waals surface area contributed by atoms with E-state index in [-0.39, 0.29) is 12.5 Å². The Hall–Kier alpha value is -1.66. The molecule has 0 bridgehead atoms. The van der Waals surface area contributed by atoms with Gasteiger partial charge in [-0.25, -0.2) is 0 Å². The van der Waals surface area contributed by atoms with E-state index in [4.69, 9.17) is 16.3 Å². The molecular formula is C14H19ClN4O2. The number of hydrogen-bond acceptors (Lipinski definition) is 4. The lowest BCUT2D eigenvalue weighted by atomic mass is 10.3. The quantitative estimate of drug-likeness (QED) is 0.759. The lowest BCUT2D eigenvalue weighted by molar-refractivity contribution is -0.125. The summed E-state index contributed by atoms with van der Waals surface area (Å²) in [5, 5.41) is 11.4. The molecule has 0 aromatic carbocycles. The van der Waals surface area contributed by atoms with E-state index in [1.54, 1.807) is 22.7 Å². The van der Waals surface area contributed by atoms with Crippen LogP contribution in [0.25, 0.3) is 5.65 Å². The van der Waals surface area contributed by atoms with Crippen LogP contribution in [0, 0.1) is 0 Å². The lowest BCUT2D eigenvalue weighted by Crippen LogP contribution is -2.28. The molecule has 0 fully saturated rings. The minimum atomic E-state index is -0.162. The predicted molar refractivity (Wildman–Crippen MR) is 80.2 cm³/mol. The van der Waals surface area contributed by atoms with Crippen LogP contribution in [0.2, 0.25) is 5.02 Å². The zero-order chi connectivity index (χ0) is 15.1. The number of rotatable bonds is 8. The Kier molecular flexibility index (Phi) is 5.95. The zero-order valence-corrected chi connectivity index (χ0v) is 12.8. The molecule has 1 amide bonds. The Morgan fingerprint density at radius 1 is 1.38 bits per heavy atom. The fourth-order valence-electron chi connectivity index (χ4n) is 1.88. The molecule has 0 aliphatic carbocycles. The van der Waals surface area contributed by atoms with Crippen LogP contribution in [0.5, 0.6) is 0 Å². The van der Waals surface area contributed by atoms with E-state index >= 15 is 0 Å². The first-order valence-electron chi connectivity index (χ1n) is 7.04. The first kappa shape index (κ1) is 15.7. The normalized spacial score (nSPS) is 11.0. The Labute approximate surface area is 128 Å². The third kappa shape index (κ3) is 4.68. The van der Waals surface area contributed by atoms with Crippen LogP contribution in [0.4, 0.5) is 0 Å². The molecular weight excluding hydrogens is 292 g/mol. The Morgan fingerprint density at radius 2 is 2.24 bits per heavy atom. The number of carbonyl (C=O) groups excluding carboxylic acids is 1. The molecule has 114 valence electrons. The van der Waals surface area contributed by atoms with Crippen molar-refractivity contribution in [2.75, 3.05) is 13.2 Å². The van der Waals surface area contributed by atoms with Crippen molar-refractivity contribution in [2.45, 2.75) is 32.7 Å². The van der Waals surface area contributed by atoms with Crippen molar-refractivity contribution in [1.29, 1.82) is 0 Å². The number of unbranched alkanes of at least 4 members (excludes halogenated alkanes) is 2. The maximum absolute atomic E-state index is 11.7. The maximum atomic E-state index is 11.7. The standard InChI is InChI=1S/C14H19ClN4O2/c1-2-3-4-7-21-10-14(20)16-8-13-18-17-12-6-5-11(15)9-19(12)13/h5-6,9H,2-4,7-8,10H2,1H3,(H,16,20). The van der Waals surface area contributed by atoms with E-state index in [9.17, 15) is 4.79 Å². The van der Waals surface area contributed by atoms with Crippen LogP contribution in [0.15, 0.2) is 18.3 Å². The number of hydrogen-bond donors (Lipinski definition) is 1. The molecule has 1 N–H and O–H groups in total. The SMILES string of the molecule is CCCCCOCC(=O)NCc1nnc2ccc(Cl)cn12. The molecule has 7 heteroatoms. The summed E-state index contributed by atoms with van der Waals surface area (Å²) in [7, 11) is 0. The highest BCUT2D eigenvalue weighted by atomic mass is 35.5. The van der Waals surface area contributed by atoms with Gasteiger partial charge in [0.1, 0.15) is 6.61 Å². The molecule has 0 aliphatic heterocycles. The number of aromatic nitrogens is 3. The number of amides is 1. The summed E-state index contributed by atoms with van der Waals surface area (Å²) >= 11 is 5.94. The van der Waals surface area contributed by atoms with Gasteiger partial charge in [0, 0.05) is 12.8 Å². The molecule has 0 atom stereocenters. The van der Waals surface area contributed by atoms with Gasteiger partial charge in [-0.1, -0.05) is 31.4 Å². The van der Waals surface area contributed by atoms with E-state index in [0.717, 1.165) is 19.3 Å². The van der Waals surface area contributed by atoms with Crippen molar-refractivity contribution in [3.63, 3.8) is 0 Å². The third-order valence-corrected chi connectivity index (χ3v) is 3.23. The number of ether oxygens (including phenoxy) is 1. The molecule has 2 aromatic heterocycles. The van der Waals surface area contributed by atoms with Gasteiger partial charge in [-0.15, -0.1) is 10.2 Å².